The number of carbonyl (C=O) groups excluding carboxylic acids is 1. The van der Waals surface area contributed by atoms with Crippen LogP contribution in [0.4, 0.5) is 5.00 Å². The lowest BCUT2D eigenvalue weighted by molar-refractivity contribution is -0.118. The first-order valence-electron chi connectivity index (χ1n) is 9.84. The second kappa shape index (κ2) is 9.62. The molecule has 0 radical (unpaired) electrons. The van der Waals surface area contributed by atoms with Gasteiger partial charge in [0.1, 0.15) is 11.1 Å². The molecule has 0 bridgehead atoms. The van der Waals surface area contributed by atoms with Crippen molar-refractivity contribution in [3.63, 3.8) is 0 Å². The molecule has 1 aliphatic rings. The number of carbonyl (C=O) groups is 1. The molecule has 1 unspecified atom stereocenters. The fraction of sp³-hybridized carbons (Fsp3) is 0.391. The quantitative estimate of drug-likeness (QED) is 0.629. The Labute approximate surface area is 176 Å². The van der Waals surface area contributed by atoms with Crippen LogP contribution >= 0.6 is 11.3 Å². The Bertz CT molecular complexity index is 942. The van der Waals surface area contributed by atoms with Gasteiger partial charge in [-0.1, -0.05) is 25.5 Å². The molecule has 1 aliphatic carbocycles. The Morgan fingerprint density at radius 1 is 1.45 bits per heavy atom. The standard InChI is InChI=1S/C23H26N2O3S/c1-4-6-16-8-10-19(20(11-16)27-3)28-14-22(26)25-23-18(13-24)17-9-7-15(5-2)12-21(17)29-23/h4,8,10-11,15H,1,5-7,9,12,14H2,2-3H3,(H,25,26). The highest BCUT2D eigenvalue weighted by atomic mass is 32.1. The molecule has 5 nitrogen and oxygen atoms in total. The molecule has 1 amide bonds. The Balaban J connectivity index is 1.67. The number of ether oxygens (including phenoxy) is 2. The molecule has 2 aromatic rings. The van der Waals surface area contributed by atoms with E-state index in [0.29, 0.717) is 28.0 Å². The number of nitriles is 1. The lowest BCUT2D eigenvalue weighted by atomic mass is 9.86. The number of rotatable bonds is 8. The zero-order valence-electron chi connectivity index (χ0n) is 16.9. The fourth-order valence-corrected chi connectivity index (χ4v) is 4.97. The normalized spacial score (nSPS) is 15.1. The van der Waals surface area contributed by atoms with Crippen LogP contribution in [-0.4, -0.2) is 19.6 Å². The summed E-state index contributed by atoms with van der Waals surface area (Å²) >= 11 is 1.53. The van der Waals surface area contributed by atoms with Crippen molar-refractivity contribution in [3.05, 3.63) is 52.4 Å². The lowest BCUT2D eigenvalue weighted by Gasteiger charge is -2.20. The van der Waals surface area contributed by atoms with Crippen molar-refractivity contribution in [2.24, 2.45) is 5.92 Å². The molecule has 1 atom stereocenters. The summed E-state index contributed by atoms with van der Waals surface area (Å²) in [5, 5.41) is 13.1. The van der Waals surface area contributed by atoms with Crippen molar-refractivity contribution in [2.75, 3.05) is 19.0 Å². The van der Waals surface area contributed by atoms with Crippen LogP contribution in [0.5, 0.6) is 11.5 Å². The third-order valence-corrected chi connectivity index (χ3v) is 6.45. The predicted octanol–water partition coefficient (Wildman–Crippen LogP) is 4.89. The van der Waals surface area contributed by atoms with Gasteiger partial charge in [-0.2, -0.15) is 5.26 Å². The van der Waals surface area contributed by atoms with Crippen LogP contribution in [0.1, 0.15) is 41.3 Å². The van der Waals surface area contributed by atoms with E-state index >= 15 is 0 Å². The van der Waals surface area contributed by atoms with E-state index in [2.05, 4.69) is 24.9 Å². The van der Waals surface area contributed by atoms with Crippen LogP contribution in [0.2, 0.25) is 0 Å². The van der Waals surface area contributed by atoms with Gasteiger partial charge in [0.2, 0.25) is 0 Å². The van der Waals surface area contributed by atoms with E-state index in [-0.39, 0.29) is 12.5 Å². The monoisotopic (exact) mass is 410 g/mol. The topological polar surface area (TPSA) is 71.3 Å². The van der Waals surface area contributed by atoms with E-state index in [1.807, 2.05) is 18.2 Å². The summed E-state index contributed by atoms with van der Waals surface area (Å²) in [5.41, 5.74) is 2.78. The summed E-state index contributed by atoms with van der Waals surface area (Å²) in [4.78, 5) is 13.7. The number of thiophene rings is 1. The van der Waals surface area contributed by atoms with E-state index in [1.165, 1.54) is 16.2 Å². The third-order valence-electron chi connectivity index (χ3n) is 5.28. The summed E-state index contributed by atoms with van der Waals surface area (Å²) in [5.74, 6) is 1.46. The van der Waals surface area contributed by atoms with Crippen LogP contribution < -0.4 is 14.8 Å². The third kappa shape index (κ3) is 4.80. The van der Waals surface area contributed by atoms with Crippen molar-refractivity contribution < 1.29 is 14.3 Å². The van der Waals surface area contributed by atoms with E-state index in [9.17, 15) is 10.1 Å². The average molecular weight is 411 g/mol. The van der Waals surface area contributed by atoms with Crippen molar-refractivity contribution in [2.45, 2.75) is 39.0 Å². The lowest BCUT2D eigenvalue weighted by Crippen LogP contribution is -2.20. The van der Waals surface area contributed by atoms with Crippen molar-refractivity contribution >= 4 is 22.2 Å². The largest absolute Gasteiger partial charge is 0.493 e. The smallest absolute Gasteiger partial charge is 0.262 e. The first kappa shape index (κ1) is 20.9. The highest BCUT2D eigenvalue weighted by Crippen LogP contribution is 2.40. The molecule has 0 spiro atoms. The number of hydrogen-bond donors (Lipinski definition) is 1. The minimum absolute atomic E-state index is 0.151. The second-order valence-corrected chi connectivity index (χ2v) is 8.26. The van der Waals surface area contributed by atoms with Crippen LogP contribution in [0.3, 0.4) is 0 Å². The van der Waals surface area contributed by atoms with Crippen LogP contribution in [-0.2, 0) is 24.1 Å². The van der Waals surface area contributed by atoms with Gasteiger partial charge in [0, 0.05) is 4.88 Å². The number of allylic oxidation sites excluding steroid dienone is 1. The highest BCUT2D eigenvalue weighted by Gasteiger charge is 2.25. The van der Waals surface area contributed by atoms with Gasteiger partial charge in [-0.3, -0.25) is 4.79 Å². The number of fused-ring (bicyclic) bond motifs is 1. The van der Waals surface area contributed by atoms with E-state index in [1.54, 1.807) is 13.2 Å². The molecule has 0 fully saturated rings. The van der Waals surface area contributed by atoms with Gasteiger partial charge < -0.3 is 14.8 Å². The molecule has 29 heavy (non-hydrogen) atoms. The number of hydrogen-bond acceptors (Lipinski definition) is 5. The Kier molecular flexibility index (Phi) is 6.95. The van der Waals surface area contributed by atoms with Gasteiger partial charge >= 0.3 is 0 Å². The molecule has 152 valence electrons. The van der Waals surface area contributed by atoms with Gasteiger partial charge in [-0.25, -0.2) is 0 Å². The van der Waals surface area contributed by atoms with Gasteiger partial charge in [-0.05, 0) is 54.9 Å². The van der Waals surface area contributed by atoms with Crippen LogP contribution in [0, 0.1) is 17.2 Å². The number of amides is 1. The van der Waals surface area contributed by atoms with Gasteiger partial charge in [0.15, 0.2) is 18.1 Å². The molecule has 1 aromatic heterocycles. The number of nitrogens with zero attached hydrogens (tertiary/aromatic N) is 1. The predicted molar refractivity (Wildman–Crippen MR) is 116 cm³/mol. The zero-order valence-corrected chi connectivity index (χ0v) is 17.7. The summed E-state index contributed by atoms with van der Waals surface area (Å²) < 4.78 is 11.0. The Morgan fingerprint density at radius 3 is 2.97 bits per heavy atom. The van der Waals surface area contributed by atoms with Crippen molar-refractivity contribution in [3.8, 4) is 17.6 Å². The fourth-order valence-electron chi connectivity index (χ4n) is 3.64. The Morgan fingerprint density at radius 2 is 2.28 bits per heavy atom. The maximum atomic E-state index is 12.5. The highest BCUT2D eigenvalue weighted by molar-refractivity contribution is 7.16. The van der Waals surface area contributed by atoms with E-state index in [4.69, 9.17) is 9.47 Å². The number of anilines is 1. The molecular weight excluding hydrogens is 384 g/mol. The minimum atomic E-state index is -0.288. The molecule has 1 heterocycles. The van der Waals surface area contributed by atoms with Crippen molar-refractivity contribution in [1.82, 2.24) is 0 Å². The molecule has 1 aromatic carbocycles. The molecule has 3 rings (SSSR count). The molecule has 6 heteroatoms. The van der Waals surface area contributed by atoms with Crippen LogP contribution in [0.15, 0.2) is 30.9 Å². The van der Waals surface area contributed by atoms with Gasteiger partial charge in [0.25, 0.3) is 5.91 Å². The second-order valence-electron chi connectivity index (χ2n) is 7.15. The summed E-state index contributed by atoms with van der Waals surface area (Å²) in [6, 6.07) is 7.87. The number of benzene rings is 1. The molecule has 0 saturated heterocycles. The first-order valence-corrected chi connectivity index (χ1v) is 10.7. The average Bonchev–Trinajstić information content (AvgIpc) is 3.08. The van der Waals surface area contributed by atoms with Crippen LogP contribution in [0.25, 0.3) is 0 Å². The maximum Gasteiger partial charge on any atom is 0.262 e. The minimum Gasteiger partial charge on any atom is -0.493 e. The van der Waals surface area contributed by atoms with Crippen molar-refractivity contribution in [1.29, 1.82) is 5.26 Å². The van der Waals surface area contributed by atoms with E-state index < -0.39 is 0 Å². The molecule has 0 aliphatic heterocycles. The van der Waals surface area contributed by atoms with E-state index in [0.717, 1.165) is 43.2 Å². The number of methoxy groups -OCH3 is 1. The van der Waals surface area contributed by atoms with Gasteiger partial charge in [0.05, 0.1) is 12.7 Å². The summed E-state index contributed by atoms with van der Waals surface area (Å²) in [6.07, 6.45) is 6.70. The zero-order chi connectivity index (χ0) is 20.8. The summed E-state index contributed by atoms with van der Waals surface area (Å²) in [7, 11) is 1.57. The Hall–Kier alpha value is -2.78. The van der Waals surface area contributed by atoms with Gasteiger partial charge in [-0.15, -0.1) is 17.9 Å². The molecule has 1 N–H and O–H groups in total. The number of nitrogens with one attached hydrogen (secondary N) is 1. The molecular formula is C23H26N2O3S. The molecule has 0 saturated carbocycles. The maximum absolute atomic E-state index is 12.5. The SMILES string of the molecule is C=CCc1ccc(OCC(=O)Nc2sc3c(c2C#N)CCC(CC)C3)c(OC)c1. The summed E-state index contributed by atoms with van der Waals surface area (Å²) in [6.45, 7) is 5.78. The first-order chi connectivity index (χ1) is 14.1.